The molecule has 0 aromatic heterocycles. The average Bonchev–Trinajstić information content (AvgIpc) is 2.46. The third-order valence-electron chi connectivity index (χ3n) is 4.30. The van der Waals surface area contributed by atoms with Crippen molar-refractivity contribution in [3.8, 4) is 0 Å². The molecule has 1 saturated heterocycles. The Labute approximate surface area is 118 Å². The van der Waals surface area contributed by atoms with Crippen LogP contribution in [0.15, 0.2) is 18.2 Å². The lowest BCUT2D eigenvalue weighted by molar-refractivity contribution is 0.460. The lowest BCUT2D eigenvalue weighted by Crippen LogP contribution is -2.33. The van der Waals surface area contributed by atoms with E-state index in [9.17, 15) is 4.21 Å². The van der Waals surface area contributed by atoms with Crippen molar-refractivity contribution < 1.29 is 4.21 Å². The van der Waals surface area contributed by atoms with Gasteiger partial charge in [-0.2, -0.15) is 0 Å². The Morgan fingerprint density at radius 2 is 2.11 bits per heavy atom. The monoisotopic (exact) mass is 278 g/mol. The summed E-state index contributed by atoms with van der Waals surface area (Å²) in [5.74, 6) is 0.625. The summed E-state index contributed by atoms with van der Waals surface area (Å²) in [6, 6.07) is 6.64. The molecule has 2 aliphatic rings. The maximum absolute atomic E-state index is 12.0. The lowest BCUT2D eigenvalue weighted by atomic mass is 9.86. The van der Waals surface area contributed by atoms with Gasteiger partial charge in [-0.15, -0.1) is 0 Å². The number of para-hydroxylation sites is 1. The van der Waals surface area contributed by atoms with E-state index in [1.165, 1.54) is 29.7 Å². The molecular formula is C15H22N2OS. The SMILES string of the molecule is CS(=O)N1CCCc2cccc(C3CCNCC3)c21. The number of nitrogens with zero attached hydrogens (tertiary/aromatic N) is 1. The highest BCUT2D eigenvalue weighted by atomic mass is 32.2. The number of benzene rings is 1. The van der Waals surface area contributed by atoms with Crippen LogP contribution >= 0.6 is 0 Å². The number of hydrogen-bond donors (Lipinski definition) is 1. The zero-order valence-electron chi connectivity index (χ0n) is 11.5. The molecule has 4 heteroatoms. The first kappa shape index (κ1) is 13.1. The molecule has 1 atom stereocenters. The molecule has 19 heavy (non-hydrogen) atoms. The summed E-state index contributed by atoms with van der Waals surface area (Å²) >= 11 is 0. The van der Waals surface area contributed by atoms with E-state index in [2.05, 4.69) is 27.8 Å². The molecule has 104 valence electrons. The number of rotatable bonds is 2. The number of hydrogen-bond acceptors (Lipinski definition) is 2. The molecule has 0 saturated carbocycles. The van der Waals surface area contributed by atoms with Crippen LogP contribution in [-0.4, -0.2) is 30.1 Å². The van der Waals surface area contributed by atoms with Crippen molar-refractivity contribution in [1.82, 2.24) is 5.32 Å². The largest absolute Gasteiger partial charge is 0.317 e. The van der Waals surface area contributed by atoms with Crippen molar-refractivity contribution in [2.75, 3.05) is 30.2 Å². The number of nitrogens with one attached hydrogen (secondary N) is 1. The Kier molecular flexibility index (Phi) is 3.89. The summed E-state index contributed by atoms with van der Waals surface area (Å²) in [4.78, 5) is 0. The maximum Gasteiger partial charge on any atom is 0.116 e. The van der Waals surface area contributed by atoms with E-state index >= 15 is 0 Å². The van der Waals surface area contributed by atoms with Gasteiger partial charge in [-0.25, -0.2) is 4.21 Å². The Balaban J connectivity index is 2.02. The van der Waals surface area contributed by atoms with Crippen molar-refractivity contribution >= 4 is 16.7 Å². The molecule has 0 radical (unpaired) electrons. The molecule has 2 heterocycles. The van der Waals surface area contributed by atoms with Crippen LogP contribution in [0.25, 0.3) is 0 Å². The lowest BCUT2D eigenvalue weighted by Gasteiger charge is -2.34. The van der Waals surface area contributed by atoms with Crippen LogP contribution < -0.4 is 9.62 Å². The molecule has 1 unspecified atom stereocenters. The van der Waals surface area contributed by atoms with Gasteiger partial charge in [0.25, 0.3) is 0 Å². The first-order valence-corrected chi connectivity index (χ1v) is 8.72. The fraction of sp³-hybridized carbons (Fsp3) is 0.600. The highest BCUT2D eigenvalue weighted by Gasteiger charge is 2.26. The molecule has 1 N–H and O–H groups in total. The van der Waals surface area contributed by atoms with E-state index in [0.717, 1.165) is 32.5 Å². The fourth-order valence-electron chi connectivity index (χ4n) is 3.36. The molecule has 0 bridgehead atoms. The van der Waals surface area contributed by atoms with Crippen LogP contribution in [0.2, 0.25) is 0 Å². The molecule has 1 aromatic rings. The fourth-order valence-corrected chi connectivity index (χ4v) is 4.23. The third kappa shape index (κ3) is 2.56. The van der Waals surface area contributed by atoms with Gasteiger partial charge in [0.05, 0.1) is 5.69 Å². The topological polar surface area (TPSA) is 32.3 Å². The standard InChI is InChI=1S/C15H22N2OS/c1-19(18)17-11-3-5-13-4-2-6-14(15(13)17)12-7-9-16-10-8-12/h2,4,6,12,16H,3,5,7-11H2,1H3. The summed E-state index contributed by atoms with van der Waals surface area (Å²) in [6.45, 7) is 3.13. The predicted molar refractivity (Wildman–Crippen MR) is 81.0 cm³/mol. The first-order valence-electron chi connectivity index (χ1n) is 7.21. The molecule has 2 aliphatic heterocycles. The predicted octanol–water partition coefficient (Wildman–Crippen LogP) is 2.20. The maximum atomic E-state index is 12.0. The minimum absolute atomic E-state index is 0.625. The third-order valence-corrected chi connectivity index (χ3v) is 5.28. The van der Waals surface area contributed by atoms with Gasteiger partial charge in [0.15, 0.2) is 0 Å². The van der Waals surface area contributed by atoms with Gasteiger partial charge in [-0.05, 0) is 55.8 Å². The van der Waals surface area contributed by atoms with Crippen molar-refractivity contribution in [1.29, 1.82) is 0 Å². The Morgan fingerprint density at radius 1 is 1.32 bits per heavy atom. The second-order valence-corrected chi connectivity index (χ2v) is 6.80. The molecule has 3 nitrogen and oxygen atoms in total. The summed E-state index contributed by atoms with van der Waals surface area (Å²) < 4.78 is 14.1. The molecule has 1 aromatic carbocycles. The molecular weight excluding hydrogens is 256 g/mol. The van der Waals surface area contributed by atoms with Gasteiger partial charge in [0.2, 0.25) is 0 Å². The summed E-state index contributed by atoms with van der Waals surface area (Å²) in [6.07, 6.45) is 6.43. The van der Waals surface area contributed by atoms with Gasteiger partial charge in [0.1, 0.15) is 11.0 Å². The zero-order valence-corrected chi connectivity index (χ0v) is 12.3. The summed E-state index contributed by atoms with van der Waals surface area (Å²) in [5, 5.41) is 3.42. The van der Waals surface area contributed by atoms with Crippen LogP contribution in [0.3, 0.4) is 0 Å². The molecule has 1 fully saturated rings. The van der Waals surface area contributed by atoms with E-state index in [1.807, 2.05) is 0 Å². The molecule has 3 rings (SSSR count). The van der Waals surface area contributed by atoms with Crippen LogP contribution in [0.1, 0.15) is 36.3 Å². The van der Waals surface area contributed by atoms with Crippen LogP contribution in [0.4, 0.5) is 5.69 Å². The Morgan fingerprint density at radius 3 is 2.84 bits per heavy atom. The van der Waals surface area contributed by atoms with E-state index in [1.54, 1.807) is 6.26 Å². The van der Waals surface area contributed by atoms with Crippen molar-refractivity contribution in [3.05, 3.63) is 29.3 Å². The van der Waals surface area contributed by atoms with Gasteiger partial charge in [-0.3, -0.25) is 4.31 Å². The average molecular weight is 278 g/mol. The Bertz CT molecular complexity index is 483. The highest BCUT2D eigenvalue weighted by molar-refractivity contribution is 7.85. The number of piperidine rings is 1. The smallest absolute Gasteiger partial charge is 0.116 e. The van der Waals surface area contributed by atoms with E-state index in [4.69, 9.17) is 0 Å². The Hall–Kier alpha value is -0.870. The molecule has 0 spiro atoms. The van der Waals surface area contributed by atoms with Gasteiger partial charge < -0.3 is 5.32 Å². The second-order valence-electron chi connectivity index (χ2n) is 5.51. The van der Waals surface area contributed by atoms with Gasteiger partial charge in [0, 0.05) is 12.8 Å². The minimum Gasteiger partial charge on any atom is -0.317 e. The normalized spacial score (nSPS) is 22.1. The molecule has 0 aliphatic carbocycles. The van der Waals surface area contributed by atoms with Gasteiger partial charge >= 0.3 is 0 Å². The van der Waals surface area contributed by atoms with Crippen LogP contribution in [0, 0.1) is 0 Å². The summed E-state index contributed by atoms with van der Waals surface area (Å²) in [7, 11) is -0.910. The highest BCUT2D eigenvalue weighted by Crippen LogP contribution is 2.38. The molecule has 0 amide bonds. The quantitative estimate of drug-likeness (QED) is 0.899. The number of anilines is 1. The number of aryl methyl sites for hydroxylation is 1. The van der Waals surface area contributed by atoms with Crippen molar-refractivity contribution in [2.45, 2.75) is 31.6 Å². The first-order chi connectivity index (χ1) is 9.27. The van der Waals surface area contributed by atoms with Crippen LogP contribution in [-0.2, 0) is 17.4 Å². The zero-order chi connectivity index (χ0) is 13.2. The van der Waals surface area contributed by atoms with E-state index in [0.29, 0.717) is 5.92 Å². The van der Waals surface area contributed by atoms with Gasteiger partial charge in [-0.1, -0.05) is 18.2 Å². The van der Waals surface area contributed by atoms with E-state index in [-0.39, 0.29) is 0 Å². The second kappa shape index (κ2) is 5.63. The summed E-state index contributed by atoms with van der Waals surface area (Å²) in [5.41, 5.74) is 4.09. The van der Waals surface area contributed by atoms with Crippen molar-refractivity contribution in [2.24, 2.45) is 0 Å². The minimum atomic E-state index is -0.910. The number of fused-ring (bicyclic) bond motifs is 1. The van der Waals surface area contributed by atoms with Crippen molar-refractivity contribution in [3.63, 3.8) is 0 Å². The van der Waals surface area contributed by atoms with Crippen LogP contribution in [0.5, 0.6) is 0 Å². The van der Waals surface area contributed by atoms with E-state index < -0.39 is 11.0 Å².